The van der Waals surface area contributed by atoms with Gasteiger partial charge in [0.2, 0.25) is 12.3 Å². The van der Waals surface area contributed by atoms with E-state index in [-0.39, 0.29) is 12.3 Å². The van der Waals surface area contributed by atoms with E-state index in [1.54, 1.807) is 6.20 Å². The van der Waals surface area contributed by atoms with Crippen LogP contribution in [0.15, 0.2) is 24.5 Å². The molecule has 2 aromatic rings. The molecule has 1 N–H and O–H groups in total. The molecule has 6 nitrogen and oxygen atoms in total. The monoisotopic (exact) mass is 288 g/mol. The van der Waals surface area contributed by atoms with Gasteiger partial charge in [0.1, 0.15) is 11.5 Å². The minimum Gasteiger partial charge on any atom is -0.359 e. The third kappa shape index (κ3) is 3.59. The summed E-state index contributed by atoms with van der Waals surface area (Å²) in [5.74, 6) is 0.642. The fourth-order valence-corrected chi connectivity index (χ4v) is 2.26. The van der Waals surface area contributed by atoms with E-state index in [0.717, 1.165) is 24.3 Å². The number of amides is 2. The van der Waals surface area contributed by atoms with Gasteiger partial charge in [0.25, 0.3) is 0 Å². The molecule has 0 aromatic carbocycles. The van der Waals surface area contributed by atoms with Gasteiger partial charge in [-0.25, -0.2) is 4.98 Å². The molecule has 2 aromatic heterocycles. The van der Waals surface area contributed by atoms with E-state index in [0.29, 0.717) is 13.0 Å². The number of carbonyl (C=O) groups is 2. The molecule has 2 amide bonds. The number of pyridine rings is 1. The van der Waals surface area contributed by atoms with Crippen molar-refractivity contribution in [1.29, 1.82) is 0 Å². The number of imidazole rings is 1. The van der Waals surface area contributed by atoms with Crippen LogP contribution in [0.1, 0.15) is 25.3 Å². The van der Waals surface area contributed by atoms with Gasteiger partial charge >= 0.3 is 0 Å². The molecule has 112 valence electrons. The van der Waals surface area contributed by atoms with Crippen LogP contribution >= 0.6 is 0 Å². The summed E-state index contributed by atoms with van der Waals surface area (Å²) in [6, 6.07) is 4.18. The average Bonchev–Trinajstić information content (AvgIpc) is 2.88. The molecule has 6 heteroatoms. The Morgan fingerprint density at radius 3 is 3.05 bits per heavy atom. The lowest BCUT2D eigenvalue weighted by molar-refractivity contribution is -0.125. The minimum atomic E-state index is -0.282. The molecular formula is C15H20N4O2. The topological polar surface area (TPSA) is 66.7 Å². The van der Waals surface area contributed by atoms with E-state index in [2.05, 4.69) is 29.4 Å². The highest BCUT2D eigenvalue weighted by Gasteiger charge is 2.10. The van der Waals surface area contributed by atoms with Crippen molar-refractivity contribution in [2.45, 2.75) is 26.2 Å². The number of anilines is 1. The summed E-state index contributed by atoms with van der Waals surface area (Å²) in [5.41, 5.74) is 2.18. The Balaban J connectivity index is 2.10. The van der Waals surface area contributed by atoms with Gasteiger partial charge < -0.3 is 4.90 Å². The van der Waals surface area contributed by atoms with Crippen molar-refractivity contribution in [2.24, 2.45) is 0 Å². The second-order valence-electron chi connectivity index (χ2n) is 4.99. The van der Waals surface area contributed by atoms with Gasteiger partial charge in [0, 0.05) is 26.2 Å². The first-order valence-electron chi connectivity index (χ1n) is 7.06. The van der Waals surface area contributed by atoms with Crippen LogP contribution in [0, 0.1) is 0 Å². The molecule has 0 saturated carbocycles. The third-order valence-corrected chi connectivity index (χ3v) is 3.38. The standard InChI is InChI=1S/C15H20N4O2/c1-3-4-12-5-8-19-13(9-12)16-10-15(19)18(2)7-6-14(21)17-11-20/h5,8-11H,3-4,6-7H2,1-2H3,(H,17,20,21). The van der Waals surface area contributed by atoms with Crippen molar-refractivity contribution >= 4 is 23.8 Å². The fourth-order valence-electron chi connectivity index (χ4n) is 2.26. The van der Waals surface area contributed by atoms with E-state index in [4.69, 9.17) is 0 Å². The number of rotatable bonds is 7. The number of imide groups is 1. The maximum Gasteiger partial charge on any atom is 0.228 e. The van der Waals surface area contributed by atoms with E-state index in [1.165, 1.54) is 5.56 Å². The predicted octanol–water partition coefficient (Wildman–Crippen LogP) is 1.39. The summed E-state index contributed by atoms with van der Waals surface area (Å²) in [7, 11) is 1.90. The number of hydrogen-bond acceptors (Lipinski definition) is 4. The zero-order chi connectivity index (χ0) is 15.2. The van der Waals surface area contributed by atoms with Gasteiger partial charge in [-0.1, -0.05) is 13.3 Å². The smallest absolute Gasteiger partial charge is 0.228 e. The predicted molar refractivity (Wildman–Crippen MR) is 81.3 cm³/mol. The Labute approximate surface area is 123 Å². The van der Waals surface area contributed by atoms with Crippen LogP contribution < -0.4 is 10.2 Å². The zero-order valence-electron chi connectivity index (χ0n) is 12.4. The Kier molecular flexibility index (Phi) is 4.92. The summed E-state index contributed by atoms with van der Waals surface area (Å²) in [6.07, 6.45) is 6.62. The quantitative estimate of drug-likeness (QED) is 0.782. The maximum absolute atomic E-state index is 11.3. The number of nitrogens with one attached hydrogen (secondary N) is 1. The number of aryl methyl sites for hydroxylation is 1. The van der Waals surface area contributed by atoms with Crippen molar-refractivity contribution in [3.63, 3.8) is 0 Å². The van der Waals surface area contributed by atoms with E-state index < -0.39 is 0 Å². The summed E-state index contributed by atoms with van der Waals surface area (Å²) < 4.78 is 2.00. The van der Waals surface area contributed by atoms with Crippen LogP contribution in [-0.4, -0.2) is 35.3 Å². The minimum absolute atomic E-state index is 0.260. The summed E-state index contributed by atoms with van der Waals surface area (Å²) in [5, 5.41) is 2.14. The largest absolute Gasteiger partial charge is 0.359 e. The lowest BCUT2D eigenvalue weighted by atomic mass is 10.1. The van der Waals surface area contributed by atoms with Crippen LogP contribution in [0.4, 0.5) is 5.82 Å². The molecule has 0 atom stereocenters. The molecule has 0 aliphatic rings. The Morgan fingerprint density at radius 1 is 1.52 bits per heavy atom. The molecule has 0 radical (unpaired) electrons. The molecular weight excluding hydrogens is 268 g/mol. The molecule has 2 rings (SSSR count). The first kappa shape index (κ1) is 15.0. The van der Waals surface area contributed by atoms with Crippen molar-refractivity contribution < 1.29 is 9.59 Å². The molecule has 0 fully saturated rings. The SMILES string of the molecule is CCCc1ccn2c(N(C)CCC(=O)NC=O)cnc2c1. The van der Waals surface area contributed by atoms with Gasteiger partial charge in [-0.3, -0.25) is 19.3 Å². The number of fused-ring (bicyclic) bond motifs is 1. The van der Waals surface area contributed by atoms with E-state index in [9.17, 15) is 9.59 Å². The highest BCUT2D eigenvalue weighted by atomic mass is 16.2. The molecule has 0 aliphatic heterocycles. The van der Waals surface area contributed by atoms with Crippen molar-refractivity contribution in [3.8, 4) is 0 Å². The Bertz CT molecular complexity index is 636. The fraction of sp³-hybridized carbons (Fsp3) is 0.400. The first-order chi connectivity index (χ1) is 10.2. The second-order valence-corrected chi connectivity index (χ2v) is 4.99. The molecule has 0 aliphatic carbocycles. The number of aromatic nitrogens is 2. The second kappa shape index (κ2) is 6.88. The van der Waals surface area contributed by atoms with Crippen LogP contribution in [0.25, 0.3) is 5.65 Å². The van der Waals surface area contributed by atoms with Crippen LogP contribution in [0.3, 0.4) is 0 Å². The summed E-state index contributed by atoms with van der Waals surface area (Å²) in [4.78, 5) is 27.9. The van der Waals surface area contributed by atoms with Crippen LogP contribution in [0.2, 0.25) is 0 Å². The molecule has 0 saturated heterocycles. The number of nitrogens with zero attached hydrogens (tertiary/aromatic N) is 3. The van der Waals surface area contributed by atoms with Gasteiger partial charge in [-0.15, -0.1) is 0 Å². The van der Waals surface area contributed by atoms with Crippen molar-refractivity contribution in [2.75, 3.05) is 18.5 Å². The Morgan fingerprint density at radius 2 is 2.33 bits per heavy atom. The van der Waals surface area contributed by atoms with Gasteiger partial charge in [-0.2, -0.15) is 0 Å². The Hall–Kier alpha value is -2.37. The van der Waals surface area contributed by atoms with Crippen LogP contribution in [-0.2, 0) is 16.0 Å². The number of carbonyl (C=O) groups excluding carboxylic acids is 2. The van der Waals surface area contributed by atoms with Crippen molar-refractivity contribution in [1.82, 2.24) is 14.7 Å². The summed E-state index contributed by atoms with van der Waals surface area (Å²) in [6.45, 7) is 2.67. The normalized spacial score (nSPS) is 10.6. The molecule has 0 spiro atoms. The van der Waals surface area contributed by atoms with Gasteiger partial charge in [0.15, 0.2) is 0 Å². The molecule has 2 heterocycles. The molecule has 21 heavy (non-hydrogen) atoms. The highest BCUT2D eigenvalue weighted by Crippen LogP contribution is 2.17. The highest BCUT2D eigenvalue weighted by molar-refractivity contribution is 5.86. The van der Waals surface area contributed by atoms with Crippen molar-refractivity contribution in [3.05, 3.63) is 30.1 Å². The van der Waals surface area contributed by atoms with E-state index >= 15 is 0 Å². The number of hydrogen-bond donors (Lipinski definition) is 1. The average molecular weight is 288 g/mol. The summed E-state index contributed by atoms with van der Waals surface area (Å²) >= 11 is 0. The first-order valence-corrected chi connectivity index (χ1v) is 7.06. The van der Waals surface area contributed by atoms with Gasteiger partial charge in [0.05, 0.1) is 6.20 Å². The third-order valence-electron chi connectivity index (χ3n) is 3.38. The molecule has 0 unspecified atom stereocenters. The lowest BCUT2D eigenvalue weighted by Gasteiger charge is -2.17. The van der Waals surface area contributed by atoms with E-state index in [1.807, 2.05) is 22.5 Å². The van der Waals surface area contributed by atoms with Crippen LogP contribution in [0.5, 0.6) is 0 Å². The van der Waals surface area contributed by atoms with Gasteiger partial charge in [-0.05, 0) is 24.1 Å². The molecule has 0 bridgehead atoms. The lowest BCUT2D eigenvalue weighted by Crippen LogP contribution is -2.28. The maximum atomic E-state index is 11.3. The zero-order valence-corrected chi connectivity index (χ0v) is 12.4.